The Balaban J connectivity index is 1.78. The van der Waals surface area contributed by atoms with E-state index in [0.717, 1.165) is 22.5 Å². The molecule has 1 N–H and O–H groups in total. The molecule has 7 heteroatoms. The third-order valence-corrected chi connectivity index (χ3v) is 4.76. The van der Waals surface area contributed by atoms with Crippen LogP contribution in [0.1, 0.15) is 5.56 Å². The lowest BCUT2D eigenvalue weighted by Gasteiger charge is -2.11. The molecule has 2 aromatic carbocycles. The molecule has 3 heterocycles. The van der Waals surface area contributed by atoms with Crippen LogP contribution >= 0.6 is 0 Å². The molecule has 0 saturated heterocycles. The quantitative estimate of drug-likeness (QED) is 0.593. The zero-order valence-corrected chi connectivity index (χ0v) is 14.9. The van der Waals surface area contributed by atoms with Crippen LogP contribution in [0.5, 0.6) is 5.88 Å². The first kappa shape index (κ1) is 16.4. The van der Waals surface area contributed by atoms with E-state index in [1.807, 2.05) is 28.8 Å². The van der Waals surface area contributed by atoms with E-state index in [9.17, 15) is 9.18 Å². The fourth-order valence-electron chi connectivity index (χ4n) is 3.45. The van der Waals surface area contributed by atoms with Gasteiger partial charge in [-0.1, -0.05) is 0 Å². The SMILES string of the molecule is COc1ccc2nc(-c3ccc(F)cc3)n(-c3ccc4c(c3)CC(=O)N4)c2n1. The third kappa shape index (κ3) is 2.60. The van der Waals surface area contributed by atoms with Crippen molar-refractivity contribution in [2.45, 2.75) is 6.42 Å². The van der Waals surface area contributed by atoms with Gasteiger partial charge in [0, 0.05) is 23.0 Å². The second-order valence-corrected chi connectivity index (χ2v) is 6.54. The number of amides is 1. The van der Waals surface area contributed by atoms with E-state index in [1.54, 1.807) is 25.3 Å². The number of anilines is 1. The largest absolute Gasteiger partial charge is 0.481 e. The van der Waals surface area contributed by atoms with Gasteiger partial charge in [0.1, 0.15) is 17.2 Å². The summed E-state index contributed by atoms with van der Waals surface area (Å²) in [6, 6.07) is 15.5. The van der Waals surface area contributed by atoms with Crippen LogP contribution < -0.4 is 10.1 Å². The van der Waals surface area contributed by atoms with Crippen LogP contribution in [-0.4, -0.2) is 27.6 Å². The van der Waals surface area contributed by atoms with Gasteiger partial charge in [0.15, 0.2) is 5.65 Å². The molecular formula is C21H15FN4O2. The molecule has 1 aliphatic rings. The number of carbonyl (C=O) groups excluding carboxylic acids is 1. The summed E-state index contributed by atoms with van der Waals surface area (Å²) < 4.78 is 20.6. The molecule has 28 heavy (non-hydrogen) atoms. The first-order valence-electron chi connectivity index (χ1n) is 8.75. The van der Waals surface area contributed by atoms with Crippen LogP contribution in [0.25, 0.3) is 28.2 Å². The Morgan fingerprint density at radius 2 is 1.89 bits per heavy atom. The predicted octanol–water partition coefficient (Wildman–Crippen LogP) is 3.73. The van der Waals surface area contributed by atoms with E-state index in [4.69, 9.17) is 9.72 Å². The van der Waals surface area contributed by atoms with Crippen molar-refractivity contribution in [3.63, 3.8) is 0 Å². The summed E-state index contributed by atoms with van der Waals surface area (Å²) in [5.74, 6) is 0.764. The topological polar surface area (TPSA) is 69.0 Å². The molecule has 4 aromatic rings. The molecule has 0 aliphatic carbocycles. The van der Waals surface area contributed by atoms with Gasteiger partial charge in [0.05, 0.1) is 13.5 Å². The summed E-state index contributed by atoms with van der Waals surface area (Å²) in [6.07, 6.45) is 0.332. The van der Waals surface area contributed by atoms with Crippen molar-refractivity contribution < 1.29 is 13.9 Å². The average Bonchev–Trinajstić information content (AvgIpc) is 3.26. The highest BCUT2D eigenvalue weighted by atomic mass is 19.1. The van der Waals surface area contributed by atoms with Crippen LogP contribution in [-0.2, 0) is 11.2 Å². The molecule has 2 aromatic heterocycles. The smallest absolute Gasteiger partial charge is 0.228 e. The van der Waals surface area contributed by atoms with Crippen LogP contribution in [0, 0.1) is 5.82 Å². The number of rotatable bonds is 3. The molecular weight excluding hydrogens is 359 g/mol. The fourth-order valence-corrected chi connectivity index (χ4v) is 3.45. The van der Waals surface area contributed by atoms with Gasteiger partial charge in [-0.3, -0.25) is 9.36 Å². The van der Waals surface area contributed by atoms with Crippen molar-refractivity contribution in [1.29, 1.82) is 0 Å². The van der Waals surface area contributed by atoms with Crippen molar-refractivity contribution in [3.05, 3.63) is 66.0 Å². The summed E-state index contributed by atoms with van der Waals surface area (Å²) in [5, 5.41) is 2.84. The molecule has 1 aliphatic heterocycles. The lowest BCUT2D eigenvalue weighted by atomic mass is 10.1. The van der Waals surface area contributed by atoms with Crippen LogP contribution in [0.4, 0.5) is 10.1 Å². The summed E-state index contributed by atoms with van der Waals surface area (Å²) in [7, 11) is 1.56. The first-order valence-corrected chi connectivity index (χ1v) is 8.75. The molecule has 0 fully saturated rings. The number of benzene rings is 2. The zero-order chi connectivity index (χ0) is 19.3. The van der Waals surface area contributed by atoms with Gasteiger partial charge in [-0.25, -0.2) is 9.37 Å². The highest BCUT2D eigenvalue weighted by Gasteiger charge is 2.21. The summed E-state index contributed by atoms with van der Waals surface area (Å²) >= 11 is 0. The normalized spacial score (nSPS) is 12.9. The van der Waals surface area contributed by atoms with Crippen molar-refractivity contribution in [2.75, 3.05) is 12.4 Å². The van der Waals surface area contributed by atoms with Crippen LogP contribution in [0.2, 0.25) is 0 Å². The van der Waals surface area contributed by atoms with Crippen molar-refractivity contribution >= 4 is 22.8 Å². The van der Waals surface area contributed by atoms with Gasteiger partial charge in [-0.05, 0) is 54.1 Å². The molecule has 0 atom stereocenters. The zero-order valence-electron chi connectivity index (χ0n) is 14.9. The second-order valence-electron chi connectivity index (χ2n) is 6.54. The number of halogens is 1. The highest BCUT2D eigenvalue weighted by Crippen LogP contribution is 2.32. The maximum atomic E-state index is 13.4. The van der Waals surface area contributed by atoms with Gasteiger partial charge >= 0.3 is 0 Å². The maximum Gasteiger partial charge on any atom is 0.228 e. The molecule has 6 nitrogen and oxygen atoms in total. The average molecular weight is 374 g/mol. The molecule has 1 amide bonds. The Labute approximate surface area is 159 Å². The number of fused-ring (bicyclic) bond motifs is 2. The van der Waals surface area contributed by atoms with Gasteiger partial charge in [-0.15, -0.1) is 0 Å². The summed E-state index contributed by atoms with van der Waals surface area (Å²) in [5.41, 5.74) is 4.61. The van der Waals surface area contributed by atoms with Gasteiger partial charge < -0.3 is 10.1 Å². The summed E-state index contributed by atoms with van der Waals surface area (Å²) in [4.78, 5) is 21.0. The first-order chi connectivity index (χ1) is 13.6. The standard InChI is InChI=1S/C21H15FN4O2/c1-28-19-9-8-17-21(25-19)26(20(24-17)12-2-4-14(22)5-3-12)15-6-7-16-13(10-15)11-18(27)23-16/h2-10H,11H2,1H3,(H,23,27). The number of pyridine rings is 1. The minimum atomic E-state index is -0.312. The number of hydrogen-bond donors (Lipinski definition) is 1. The number of ether oxygens (including phenoxy) is 1. The number of hydrogen-bond acceptors (Lipinski definition) is 4. The monoisotopic (exact) mass is 374 g/mol. The number of carbonyl (C=O) groups is 1. The fraction of sp³-hybridized carbons (Fsp3) is 0.0952. The Morgan fingerprint density at radius 1 is 1.07 bits per heavy atom. The second kappa shape index (κ2) is 6.16. The minimum absolute atomic E-state index is 0.0267. The molecule has 0 bridgehead atoms. The molecule has 0 spiro atoms. The molecule has 0 saturated carbocycles. The Morgan fingerprint density at radius 3 is 2.68 bits per heavy atom. The highest BCUT2D eigenvalue weighted by molar-refractivity contribution is 5.99. The van der Waals surface area contributed by atoms with E-state index < -0.39 is 0 Å². The maximum absolute atomic E-state index is 13.4. The van der Waals surface area contributed by atoms with E-state index in [-0.39, 0.29) is 11.7 Å². The number of methoxy groups -OCH3 is 1. The lowest BCUT2D eigenvalue weighted by molar-refractivity contribution is -0.115. The third-order valence-electron chi connectivity index (χ3n) is 4.76. The van der Waals surface area contributed by atoms with E-state index >= 15 is 0 Å². The van der Waals surface area contributed by atoms with E-state index in [1.165, 1.54) is 12.1 Å². The van der Waals surface area contributed by atoms with Gasteiger partial charge in [0.25, 0.3) is 0 Å². The van der Waals surface area contributed by atoms with Crippen LogP contribution in [0.3, 0.4) is 0 Å². The van der Waals surface area contributed by atoms with Gasteiger partial charge in [-0.2, -0.15) is 4.98 Å². The number of nitrogens with one attached hydrogen (secondary N) is 1. The Hall–Kier alpha value is -3.74. The number of nitrogens with zero attached hydrogens (tertiary/aromatic N) is 3. The number of imidazole rings is 1. The molecule has 5 rings (SSSR count). The molecule has 0 unspecified atom stereocenters. The van der Waals surface area contributed by atoms with Crippen LogP contribution in [0.15, 0.2) is 54.6 Å². The Bertz CT molecular complexity index is 1230. The Kier molecular flexibility index (Phi) is 3.61. The van der Waals surface area contributed by atoms with Crippen molar-refractivity contribution in [3.8, 4) is 23.0 Å². The minimum Gasteiger partial charge on any atom is -0.481 e. The lowest BCUT2D eigenvalue weighted by Crippen LogP contribution is -2.03. The van der Waals surface area contributed by atoms with E-state index in [0.29, 0.717) is 29.3 Å². The van der Waals surface area contributed by atoms with E-state index in [2.05, 4.69) is 10.3 Å². The van der Waals surface area contributed by atoms with Crippen molar-refractivity contribution in [1.82, 2.24) is 14.5 Å². The summed E-state index contributed by atoms with van der Waals surface area (Å²) in [6.45, 7) is 0. The predicted molar refractivity (Wildman–Crippen MR) is 103 cm³/mol. The molecule has 138 valence electrons. The molecule has 0 radical (unpaired) electrons. The number of aromatic nitrogens is 3. The van der Waals surface area contributed by atoms with Crippen molar-refractivity contribution in [2.24, 2.45) is 0 Å². The van der Waals surface area contributed by atoms with Gasteiger partial charge in [0.2, 0.25) is 11.8 Å².